The first kappa shape index (κ1) is 9.38. The van der Waals surface area contributed by atoms with Gasteiger partial charge >= 0.3 is 0 Å². The number of carbonyl (C=O) groups is 1. The van der Waals surface area contributed by atoms with Crippen LogP contribution < -0.4 is 16.2 Å². The van der Waals surface area contributed by atoms with Crippen LogP contribution in [0.4, 0.5) is 11.4 Å². The molecule has 0 saturated heterocycles. The summed E-state index contributed by atoms with van der Waals surface area (Å²) in [5.74, 6) is 0.313. The minimum Gasteiger partial charge on any atom is -0.495 e. The van der Waals surface area contributed by atoms with Crippen molar-refractivity contribution in [2.45, 2.75) is 6.92 Å². The lowest BCUT2D eigenvalue weighted by molar-refractivity contribution is 0.101. The van der Waals surface area contributed by atoms with E-state index in [4.69, 9.17) is 16.2 Å². The second-order valence-corrected chi connectivity index (χ2v) is 2.70. The van der Waals surface area contributed by atoms with Crippen LogP contribution in [0.2, 0.25) is 0 Å². The van der Waals surface area contributed by atoms with Gasteiger partial charge in [0.05, 0.1) is 18.4 Å². The second-order valence-electron chi connectivity index (χ2n) is 2.70. The Labute approximate surface area is 76.5 Å². The molecule has 1 aromatic carbocycles. The Kier molecular flexibility index (Phi) is 2.41. The molecule has 0 saturated carbocycles. The first-order valence-electron chi connectivity index (χ1n) is 3.80. The van der Waals surface area contributed by atoms with E-state index < -0.39 is 0 Å². The zero-order valence-electron chi connectivity index (χ0n) is 7.63. The molecule has 0 aliphatic carbocycles. The van der Waals surface area contributed by atoms with Gasteiger partial charge in [-0.3, -0.25) is 4.79 Å². The number of rotatable bonds is 2. The number of Topliss-reactive ketones (excluding diaryl/α,β-unsaturated/α-hetero) is 1. The van der Waals surface area contributed by atoms with Crippen molar-refractivity contribution in [3.63, 3.8) is 0 Å². The van der Waals surface area contributed by atoms with Gasteiger partial charge in [-0.1, -0.05) is 0 Å². The Bertz CT molecular complexity index is 348. The Balaban J connectivity index is 3.38. The van der Waals surface area contributed by atoms with E-state index in [0.717, 1.165) is 0 Å². The zero-order valence-corrected chi connectivity index (χ0v) is 7.63. The number of hydrogen-bond donors (Lipinski definition) is 2. The average Bonchev–Trinajstić information content (AvgIpc) is 2.04. The van der Waals surface area contributed by atoms with Crippen LogP contribution in [0.25, 0.3) is 0 Å². The fraction of sp³-hybridized carbons (Fsp3) is 0.222. The molecule has 0 aliphatic rings. The van der Waals surface area contributed by atoms with Crippen molar-refractivity contribution in [1.29, 1.82) is 0 Å². The van der Waals surface area contributed by atoms with Crippen molar-refractivity contribution in [1.82, 2.24) is 0 Å². The lowest BCUT2D eigenvalue weighted by Crippen LogP contribution is -2.06. The summed E-state index contributed by atoms with van der Waals surface area (Å²) in [5, 5.41) is 0. The van der Waals surface area contributed by atoms with Gasteiger partial charge in [0, 0.05) is 5.69 Å². The summed E-state index contributed by atoms with van der Waals surface area (Å²) in [6.45, 7) is 1.42. The van der Waals surface area contributed by atoms with Gasteiger partial charge in [0.1, 0.15) is 5.75 Å². The SMILES string of the molecule is COc1ccc(N)c(C(C)=O)c1N. The fourth-order valence-corrected chi connectivity index (χ4v) is 1.19. The van der Waals surface area contributed by atoms with E-state index in [-0.39, 0.29) is 5.78 Å². The summed E-state index contributed by atoms with van der Waals surface area (Å²) < 4.78 is 4.96. The lowest BCUT2D eigenvalue weighted by Gasteiger charge is -2.09. The number of anilines is 2. The van der Waals surface area contributed by atoms with Gasteiger partial charge in [-0.05, 0) is 19.1 Å². The highest BCUT2D eigenvalue weighted by Gasteiger charge is 2.12. The first-order chi connectivity index (χ1) is 6.07. The second kappa shape index (κ2) is 3.35. The molecule has 0 radical (unpaired) electrons. The molecule has 0 fully saturated rings. The monoisotopic (exact) mass is 180 g/mol. The summed E-state index contributed by atoms with van der Waals surface area (Å²) in [6, 6.07) is 3.24. The molecule has 4 nitrogen and oxygen atoms in total. The maximum atomic E-state index is 11.1. The molecule has 0 aromatic heterocycles. The third-order valence-corrected chi connectivity index (χ3v) is 1.81. The quantitative estimate of drug-likeness (QED) is 0.527. The molecule has 1 aromatic rings. The predicted octanol–water partition coefficient (Wildman–Crippen LogP) is 1.06. The van der Waals surface area contributed by atoms with Crippen LogP contribution in [-0.2, 0) is 0 Å². The lowest BCUT2D eigenvalue weighted by atomic mass is 10.1. The maximum absolute atomic E-state index is 11.1. The van der Waals surface area contributed by atoms with Crippen molar-refractivity contribution < 1.29 is 9.53 Å². The van der Waals surface area contributed by atoms with Crippen molar-refractivity contribution in [2.75, 3.05) is 18.6 Å². The van der Waals surface area contributed by atoms with Gasteiger partial charge in [-0.2, -0.15) is 0 Å². The highest BCUT2D eigenvalue weighted by molar-refractivity contribution is 6.05. The van der Waals surface area contributed by atoms with Gasteiger partial charge < -0.3 is 16.2 Å². The van der Waals surface area contributed by atoms with Crippen LogP contribution >= 0.6 is 0 Å². The van der Waals surface area contributed by atoms with Gasteiger partial charge in [-0.25, -0.2) is 0 Å². The van der Waals surface area contributed by atoms with Crippen LogP contribution in [0.3, 0.4) is 0 Å². The number of hydrogen-bond acceptors (Lipinski definition) is 4. The molecular formula is C9H12N2O2. The van der Waals surface area contributed by atoms with Crippen molar-refractivity contribution >= 4 is 17.2 Å². The van der Waals surface area contributed by atoms with Gasteiger partial charge in [0.25, 0.3) is 0 Å². The number of nitrogen functional groups attached to an aromatic ring is 2. The maximum Gasteiger partial charge on any atom is 0.164 e. The normalized spacial score (nSPS) is 9.69. The number of nitrogens with two attached hydrogens (primary N) is 2. The highest BCUT2D eigenvalue weighted by Crippen LogP contribution is 2.29. The van der Waals surface area contributed by atoms with E-state index in [9.17, 15) is 4.79 Å². The Hall–Kier alpha value is -1.71. The predicted molar refractivity (Wildman–Crippen MR) is 51.8 cm³/mol. The summed E-state index contributed by atoms with van der Waals surface area (Å²) in [7, 11) is 1.49. The van der Waals surface area contributed by atoms with Crippen LogP contribution in [0.5, 0.6) is 5.75 Å². The first-order valence-corrected chi connectivity index (χ1v) is 3.80. The van der Waals surface area contributed by atoms with Crippen LogP contribution in [0.1, 0.15) is 17.3 Å². The highest BCUT2D eigenvalue weighted by atomic mass is 16.5. The Morgan fingerprint density at radius 3 is 2.46 bits per heavy atom. The van der Waals surface area contributed by atoms with E-state index in [0.29, 0.717) is 22.7 Å². The minimum absolute atomic E-state index is 0.158. The molecule has 70 valence electrons. The summed E-state index contributed by atoms with van der Waals surface area (Å²) in [4.78, 5) is 11.1. The van der Waals surface area contributed by atoms with Gasteiger partial charge in [0.2, 0.25) is 0 Å². The molecule has 13 heavy (non-hydrogen) atoms. The molecule has 0 atom stereocenters. The van der Waals surface area contributed by atoms with E-state index in [1.165, 1.54) is 14.0 Å². The van der Waals surface area contributed by atoms with E-state index >= 15 is 0 Å². The number of carbonyl (C=O) groups excluding carboxylic acids is 1. The molecular weight excluding hydrogens is 168 g/mol. The summed E-state index contributed by atoms with van der Waals surface area (Å²) in [6.07, 6.45) is 0. The Morgan fingerprint density at radius 2 is 2.00 bits per heavy atom. The molecule has 4 N–H and O–H groups in total. The molecule has 0 heterocycles. The van der Waals surface area contributed by atoms with Crippen LogP contribution in [0.15, 0.2) is 12.1 Å². The number of ether oxygens (including phenoxy) is 1. The van der Waals surface area contributed by atoms with Crippen molar-refractivity contribution in [2.24, 2.45) is 0 Å². The minimum atomic E-state index is -0.158. The largest absolute Gasteiger partial charge is 0.495 e. The molecule has 1 rings (SSSR count). The number of ketones is 1. The number of methoxy groups -OCH3 is 1. The summed E-state index contributed by atoms with van der Waals surface area (Å²) in [5.41, 5.74) is 12.3. The third kappa shape index (κ3) is 1.56. The standard InChI is InChI=1S/C9H12N2O2/c1-5(12)8-6(10)3-4-7(13-2)9(8)11/h3-4H,10-11H2,1-2H3. The van der Waals surface area contributed by atoms with Crippen LogP contribution in [-0.4, -0.2) is 12.9 Å². The fourth-order valence-electron chi connectivity index (χ4n) is 1.19. The van der Waals surface area contributed by atoms with Gasteiger partial charge in [0.15, 0.2) is 5.78 Å². The van der Waals surface area contributed by atoms with Gasteiger partial charge in [-0.15, -0.1) is 0 Å². The topological polar surface area (TPSA) is 78.3 Å². The van der Waals surface area contributed by atoms with Crippen LogP contribution in [0, 0.1) is 0 Å². The molecule has 0 spiro atoms. The van der Waals surface area contributed by atoms with E-state index in [1.807, 2.05) is 0 Å². The molecule has 0 unspecified atom stereocenters. The van der Waals surface area contributed by atoms with E-state index in [1.54, 1.807) is 12.1 Å². The van der Waals surface area contributed by atoms with Crippen molar-refractivity contribution in [3.05, 3.63) is 17.7 Å². The van der Waals surface area contributed by atoms with E-state index in [2.05, 4.69) is 0 Å². The molecule has 4 heteroatoms. The van der Waals surface area contributed by atoms with Crippen molar-refractivity contribution in [3.8, 4) is 5.75 Å². The average molecular weight is 180 g/mol. The molecule has 0 bridgehead atoms. The Morgan fingerprint density at radius 1 is 1.38 bits per heavy atom. The third-order valence-electron chi connectivity index (χ3n) is 1.81. The zero-order chi connectivity index (χ0) is 10.0. The number of benzene rings is 1. The molecule has 0 aliphatic heterocycles. The summed E-state index contributed by atoms with van der Waals surface area (Å²) >= 11 is 0. The smallest absolute Gasteiger partial charge is 0.164 e. The molecule has 0 amide bonds.